The van der Waals surface area contributed by atoms with Crippen molar-refractivity contribution in [1.82, 2.24) is 4.90 Å². The number of carbonyl (C=O) groups excluding carboxylic acids is 3. The fraction of sp³-hybridized carbons (Fsp3) is 0.381. The van der Waals surface area contributed by atoms with Gasteiger partial charge in [-0.15, -0.1) is 0 Å². The summed E-state index contributed by atoms with van der Waals surface area (Å²) < 4.78 is 4.85. The van der Waals surface area contributed by atoms with Crippen LogP contribution in [0.5, 0.6) is 0 Å². The SMILES string of the molecule is COC(=O)c1cc2ccccc2cc1NC(=O)CN1CCCCCCC1=O. The van der Waals surface area contributed by atoms with Gasteiger partial charge in [-0.1, -0.05) is 37.1 Å². The molecule has 0 unspecified atom stereocenters. The van der Waals surface area contributed by atoms with Crippen molar-refractivity contribution in [2.24, 2.45) is 0 Å². The third kappa shape index (κ3) is 4.64. The fourth-order valence-electron chi connectivity index (χ4n) is 3.37. The second kappa shape index (κ2) is 8.66. The van der Waals surface area contributed by atoms with Crippen molar-refractivity contribution >= 4 is 34.2 Å². The minimum atomic E-state index is -0.515. The summed E-state index contributed by atoms with van der Waals surface area (Å²) in [6.07, 6.45) is 4.39. The number of esters is 1. The van der Waals surface area contributed by atoms with Crippen molar-refractivity contribution in [3.8, 4) is 0 Å². The molecule has 3 rings (SSSR count). The Hall–Kier alpha value is -2.89. The molecule has 0 spiro atoms. The average molecular weight is 368 g/mol. The Kier molecular flexibility index (Phi) is 6.06. The highest BCUT2D eigenvalue weighted by molar-refractivity contribution is 6.06. The van der Waals surface area contributed by atoms with Gasteiger partial charge in [-0.25, -0.2) is 4.79 Å². The number of benzene rings is 2. The molecule has 0 bridgehead atoms. The Bertz CT molecular complexity index is 862. The smallest absolute Gasteiger partial charge is 0.339 e. The molecule has 0 radical (unpaired) electrons. The first-order chi connectivity index (χ1) is 13.1. The molecular formula is C21H24N2O4. The van der Waals surface area contributed by atoms with Crippen molar-refractivity contribution in [2.75, 3.05) is 25.5 Å². The molecule has 1 N–H and O–H groups in total. The maximum atomic E-state index is 12.6. The van der Waals surface area contributed by atoms with Crippen LogP contribution in [-0.2, 0) is 14.3 Å². The highest BCUT2D eigenvalue weighted by atomic mass is 16.5. The third-order valence-electron chi connectivity index (χ3n) is 4.82. The van der Waals surface area contributed by atoms with Gasteiger partial charge in [-0.2, -0.15) is 0 Å². The number of nitrogens with zero attached hydrogens (tertiary/aromatic N) is 1. The monoisotopic (exact) mass is 368 g/mol. The van der Waals surface area contributed by atoms with Crippen LogP contribution in [0.3, 0.4) is 0 Å². The number of nitrogens with one attached hydrogen (secondary N) is 1. The molecule has 0 saturated carbocycles. The molecule has 2 aromatic carbocycles. The topological polar surface area (TPSA) is 75.7 Å². The van der Waals surface area contributed by atoms with Crippen LogP contribution in [0, 0.1) is 0 Å². The normalized spacial score (nSPS) is 15.1. The van der Waals surface area contributed by atoms with E-state index < -0.39 is 5.97 Å². The molecule has 1 fully saturated rings. The zero-order valence-electron chi connectivity index (χ0n) is 15.5. The molecule has 0 aliphatic carbocycles. The standard InChI is InChI=1S/C21H24N2O4/c1-27-21(26)17-12-15-8-5-6-9-16(15)13-18(17)22-19(24)14-23-11-7-3-2-4-10-20(23)25/h5-6,8-9,12-13H,2-4,7,10-11,14H2,1H3,(H,22,24). The van der Waals surface area contributed by atoms with Crippen molar-refractivity contribution in [3.05, 3.63) is 42.0 Å². The van der Waals surface area contributed by atoms with Gasteiger partial charge in [0.25, 0.3) is 0 Å². The summed E-state index contributed by atoms with van der Waals surface area (Å²) in [6, 6.07) is 11.0. The van der Waals surface area contributed by atoms with Crippen LogP contribution in [0.1, 0.15) is 42.5 Å². The van der Waals surface area contributed by atoms with E-state index in [4.69, 9.17) is 4.74 Å². The first-order valence-corrected chi connectivity index (χ1v) is 9.27. The number of ether oxygens (including phenoxy) is 1. The molecule has 142 valence electrons. The number of hydrogen-bond donors (Lipinski definition) is 1. The zero-order chi connectivity index (χ0) is 19.2. The van der Waals surface area contributed by atoms with Crippen molar-refractivity contribution in [3.63, 3.8) is 0 Å². The van der Waals surface area contributed by atoms with E-state index >= 15 is 0 Å². The molecule has 1 aliphatic heterocycles. The van der Waals surface area contributed by atoms with Crippen LogP contribution in [0.25, 0.3) is 10.8 Å². The quantitative estimate of drug-likeness (QED) is 0.840. The lowest BCUT2D eigenvalue weighted by molar-refractivity contribution is -0.135. The number of hydrogen-bond acceptors (Lipinski definition) is 4. The van der Waals surface area contributed by atoms with Gasteiger partial charge in [0.05, 0.1) is 24.9 Å². The van der Waals surface area contributed by atoms with Gasteiger partial charge < -0.3 is 15.0 Å². The zero-order valence-corrected chi connectivity index (χ0v) is 15.5. The molecule has 6 nitrogen and oxygen atoms in total. The Morgan fingerprint density at radius 3 is 2.52 bits per heavy atom. The Balaban J connectivity index is 1.80. The van der Waals surface area contributed by atoms with Crippen LogP contribution in [0.4, 0.5) is 5.69 Å². The highest BCUT2D eigenvalue weighted by Gasteiger charge is 2.20. The Morgan fingerprint density at radius 1 is 1.07 bits per heavy atom. The largest absolute Gasteiger partial charge is 0.465 e. The maximum absolute atomic E-state index is 12.6. The molecular weight excluding hydrogens is 344 g/mol. The van der Waals surface area contributed by atoms with Crippen LogP contribution < -0.4 is 5.32 Å². The summed E-state index contributed by atoms with van der Waals surface area (Å²) in [5.74, 6) is -0.820. The summed E-state index contributed by atoms with van der Waals surface area (Å²) >= 11 is 0. The summed E-state index contributed by atoms with van der Waals surface area (Å²) in [4.78, 5) is 38.5. The summed E-state index contributed by atoms with van der Waals surface area (Å²) in [5.41, 5.74) is 0.689. The van der Waals surface area contributed by atoms with Gasteiger partial charge in [-0.05, 0) is 35.7 Å². The van der Waals surface area contributed by atoms with Gasteiger partial charge in [0.1, 0.15) is 0 Å². The van der Waals surface area contributed by atoms with Crippen molar-refractivity contribution < 1.29 is 19.1 Å². The third-order valence-corrected chi connectivity index (χ3v) is 4.82. The van der Waals surface area contributed by atoms with Crippen LogP contribution in [0.2, 0.25) is 0 Å². The lowest BCUT2D eigenvalue weighted by atomic mass is 10.0. The first-order valence-electron chi connectivity index (χ1n) is 9.27. The molecule has 0 aromatic heterocycles. The Labute approximate surface area is 158 Å². The molecule has 1 saturated heterocycles. The van der Waals surface area contributed by atoms with E-state index in [0.29, 0.717) is 24.2 Å². The second-order valence-electron chi connectivity index (χ2n) is 6.76. The number of amides is 2. The number of carbonyl (C=O) groups is 3. The molecule has 27 heavy (non-hydrogen) atoms. The highest BCUT2D eigenvalue weighted by Crippen LogP contribution is 2.25. The lowest BCUT2D eigenvalue weighted by Gasteiger charge is -2.24. The van der Waals surface area contributed by atoms with Crippen LogP contribution >= 0.6 is 0 Å². The van der Waals surface area contributed by atoms with E-state index in [1.165, 1.54) is 7.11 Å². The number of methoxy groups -OCH3 is 1. The lowest BCUT2D eigenvalue weighted by Crippen LogP contribution is -2.39. The van der Waals surface area contributed by atoms with Gasteiger partial charge in [-0.3, -0.25) is 9.59 Å². The number of rotatable bonds is 4. The molecule has 1 heterocycles. The number of likely N-dealkylation sites (tertiary alicyclic amines) is 1. The average Bonchev–Trinajstić information content (AvgIpc) is 2.66. The minimum Gasteiger partial charge on any atom is -0.465 e. The van der Waals surface area contributed by atoms with E-state index in [9.17, 15) is 14.4 Å². The van der Waals surface area contributed by atoms with E-state index in [0.717, 1.165) is 36.5 Å². The van der Waals surface area contributed by atoms with Gasteiger partial charge >= 0.3 is 5.97 Å². The molecule has 1 aliphatic rings. The van der Waals surface area contributed by atoms with Crippen LogP contribution in [-0.4, -0.2) is 42.9 Å². The molecule has 2 aromatic rings. The summed E-state index contributed by atoms with van der Waals surface area (Å²) in [7, 11) is 1.31. The second-order valence-corrected chi connectivity index (χ2v) is 6.76. The maximum Gasteiger partial charge on any atom is 0.339 e. The van der Waals surface area contributed by atoms with Crippen molar-refractivity contribution in [2.45, 2.75) is 32.1 Å². The summed E-state index contributed by atoms with van der Waals surface area (Å²) in [6.45, 7) is 0.583. The van der Waals surface area contributed by atoms with Crippen molar-refractivity contribution in [1.29, 1.82) is 0 Å². The van der Waals surface area contributed by atoms with Gasteiger partial charge in [0, 0.05) is 13.0 Å². The van der Waals surface area contributed by atoms with E-state index in [-0.39, 0.29) is 18.4 Å². The molecule has 6 heteroatoms. The summed E-state index contributed by atoms with van der Waals surface area (Å²) in [5, 5.41) is 4.58. The fourth-order valence-corrected chi connectivity index (χ4v) is 3.37. The van der Waals surface area contributed by atoms with Gasteiger partial charge in [0.2, 0.25) is 11.8 Å². The van der Waals surface area contributed by atoms with Gasteiger partial charge in [0.15, 0.2) is 0 Å². The number of anilines is 1. The van der Waals surface area contributed by atoms with E-state index in [1.54, 1.807) is 17.0 Å². The minimum absolute atomic E-state index is 0.00767. The predicted octanol–water partition coefficient (Wildman–Crippen LogP) is 3.36. The van der Waals surface area contributed by atoms with E-state index in [1.807, 2.05) is 24.3 Å². The van der Waals surface area contributed by atoms with E-state index in [2.05, 4.69) is 5.32 Å². The first kappa shape index (κ1) is 18.9. The Morgan fingerprint density at radius 2 is 1.78 bits per heavy atom. The molecule has 2 amide bonds. The molecule has 0 atom stereocenters. The van der Waals surface area contributed by atoms with Crippen LogP contribution in [0.15, 0.2) is 36.4 Å². The predicted molar refractivity (Wildman–Crippen MR) is 104 cm³/mol. The number of fused-ring (bicyclic) bond motifs is 1.